The van der Waals surface area contributed by atoms with Gasteiger partial charge in [0.25, 0.3) is 5.56 Å². The summed E-state index contributed by atoms with van der Waals surface area (Å²) in [6, 6.07) is 20.0. The summed E-state index contributed by atoms with van der Waals surface area (Å²) in [4.78, 5) is 35.3. The van der Waals surface area contributed by atoms with Crippen molar-refractivity contribution in [1.82, 2.24) is 9.55 Å². The molecular formula is C29H27ClN4O4. The Morgan fingerprint density at radius 3 is 2.55 bits per heavy atom. The van der Waals surface area contributed by atoms with Gasteiger partial charge in [0.1, 0.15) is 5.82 Å². The van der Waals surface area contributed by atoms with E-state index in [0.717, 1.165) is 16.8 Å². The minimum atomic E-state index is -0.846. The number of nitrogen functional groups attached to an aromatic ring is 1. The number of hydrogen-bond acceptors (Lipinski definition) is 6. The molecule has 0 spiro atoms. The first-order chi connectivity index (χ1) is 18.2. The summed E-state index contributed by atoms with van der Waals surface area (Å²) in [6.07, 6.45) is 2.13. The van der Waals surface area contributed by atoms with Gasteiger partial charge in [0, 0.05) is 35.5 Å². The molecule has 38 heavy (non-hydrogen) atoms. The molecule has 3 N–H and O–H groups in total. The lowest BCUT2D eigenvalue weighted by atomic mass is 9.89. The van der Waals surface area contributed by atoms with Gasteiger partial charge in [0.15, 0.2) is 5.60 Å². The van der Waals surface area contributed by atoms with Gasteiger partial charge < -0.3 is 15.7 Å². The van der Waals surface area contributed by atoms with Gasteiger partial charge in [-0.15, -0.1) is 0 Å². The van der Waals surface area contributed by atoms with Crippen LogP contribution in [0.2, 0.25) is 5.02 Å². The fraction of sp³-hybridized carbons (Fsp3) is 0.241. The molecule has 8 nitrogen and oxygen atoms in total. The lowest BCUT2D eigenvalue weighted by Crippen LogP contribution is -2.24. The minimum Gasteiger partial charge on any atom is -0.481 e. The van der Waals surface area contributed by atoms with Crippen molar-refractivity contribution in [1.29, 1.82) is 0 Å². The molecule has 4 aromatic rings. The number of anilines is 1. The van der Waals surface area contributed by atoms with Gasteiger partial charge in [-0.05, 0) is 73.9 Å². The van der Waals surface area contributed by atoms with E-state index in [0.29, 0.717) is 58.8 Å². The molecule has 194 valence electrons. The number of aliphatic carboxylic acids is 1. The normalized spacial score (nSPS) is 16.8. The van der Waals surface area contributed by atoms with Gasteiger partial charge in [0.2, 0.25) is 0 Å². The van der Waals surface area contributed by atoms with E-state index in [4.69, 9.17) is 32.3 Å². The maximum atomic E-state index is 13.7. The molecule has 0 radical (unpaired) electrons. The van der Waals surface area contributed by atoms with E-state index >= 15 is 0 Å². The molecule has 0 aliphatic carbocycles. The molecule has 5 rings (SSSR count). The molecule has 1 aliphatic rings. The van der Waals surface area contributed by atoms with Crippen LogP contribution in [0.4, 0.5) is 5.69 Å². The van der Waals surface area contributed by atoms with E-state index in [1.165, 1.54) is 0 Å². The van der Waals surface area contributed by atoms with Gasteiger partial charge in [-0.25, -0.2) is 4.98 Å². The monoisotopic (exact) mass is 530 g/mol. The molecule has 0 bridgehead atoms. The fourth-order valence-corrected chi connectivity index (χ4v) is 4.81. The standard InChI is InChI=1S/C29H27ClN4O4/c1-29(19-7-11-21(31)12-8-19)17-25(33-38-29)18-6-15-23-24(16-18)32-26(4-2-3-5-27(35)36)34(28(23)37)22-13-9-20(30)10-14-22/h6-16H,2-5,17,31H2,1H3,(H,35,36). The predicted octanol–water partition coefficient (Wildman–Crippen LogP) is 5.46. The lowest BCUT2D eigenvalue weighted by molar-refractivity contribution is -0.137. The number of nitrogens with two attached hydrogens (primary N) is 1. The molecule has 2 heterocycles. The van der Waals surface area contributed by atoms with Crippen LogP contribution in [0.5, 0.6) is 0 Å². The van der Waals surface area contributed by atoms with Crippen molar-refractivity contribution in [2.24, 2.45) is 5.16 Å². The summed E-state index contributed by atoms with van der Waals surface area (Å²) in [7, 11) is 0. The second-order valence-electron chi connectivity index (χ2n) is 9.64. The number of rotatable bonds is 8. The van der Waals surface area contributed by atoms with Crippen LogP contribution in [0.3, 0.4) is 0 Å². The number of benzene rings is 3. The van der Waals surface area contributed by atoms with Crippen LogP contribution in [0.1, 0.15) is 49.6 Å². The Bertz CT molecular complexity index is 1600. The predicted molar refractivity (Wildman–Crippen MR) is 148 cm³/mol. The molecule has 3 aromatic carbocycles. The maximum Gasteiger partial charge on any atom is 0.303 e. The highest BCUT2D eigenvalue weighted by molar-refractivity contribution is 6.30. The Hall–Kier alpha value is -4.17. The fourth-order valence-electron chi connectivity index (χ4n) is 4.68. The summed E-state index contributed by atoms with van der Waals surface area (Å²) < 4.78 is 1.58. The molecule has 9 heteroatoms. The molecule has 1 aromatic heterocycles. The maximum absolute atomic E-state index is 13.7. The molecule has 1 aliphatic heterocycles. The summed E-state index contributed by atoms with van der Waals surface area (Å²) in [5, 5.41) is 14.4. The summed E-state index contributed by atoms with van der Waals surface area (Å²) in [6.45, 7) is 1.98. The van der Waals surface area contributed by atoms with Crippen LogP contribution in [-0.2, 0) is 21.7 Å². The highest BCUT2D eigenvalue weighted by Gasteiger charge is 2.36. The van der Waals surface area contributed by atoms with Crippen LogP contribution in [0.15, 0.2) is 76.7 Å². The van der Waals surface area contributed by atoms with Crippen LogP contribution in [0, 0.1) is 0 Å². The minimum absolute atomic E-state index is 0.0650. The van der Waals surface area contributed by atoms with Gasteiger partial charge >= 0.3 is 5.97 Å². The summed E-state index contributed by atoms with van der Waals surface area (Å²) in [5.74, 6) is -0.287. The Labute approximate surface area is 224 Å². The van der Waals surface area contributed by atoms with Crippen LogP contribution < -0.4 is 11.3 Å². The first-order valence-electron chi connectivity index (χ1n) is 12.4. The number of carboxylic acids is 1. The average molecular weight is 531 g/mol. The van der Waals surface area contributed by atoms with Crippen LogP contribution in [-0.4, -0.2) is 26.3 Å². The number of halogens is 1. The number of aryl methyl sites for hydroxylation is 1. The van der Waals surface area contributed by atoms with E-state index in [-0.39, 0.29) is 12.0 Å². The van der Waals surface area contributed by atoms with Crippen molar-refractivity contribution in [2.75, 3.05) is 5.73 Å². The molecule has 0 amide bonds. The zero-order valence-electron chi connectivity index (χ0n) is 20.9. The van der Waals surface area contributed by atoms with Crippen LogP contribution in [0.25, 0.3) is 16.6 Å². The second kappa shape index (κ2) is 10.3. The zero-order valence-corrected chi connectivity index (χ0v) is 21.6. The Morgan fingerprint density at radius 1 is 1.11 bits per heavy atom. The number of carboxylic acid groups (broad SMARTS) is 1. The van der Waals surface area contributed by atoms with Crippen molar-refractivity contribution in [3.63, 3.8) is 0 Å². The molecular weight excluding hydrogens is 504 g/mol. The molecule has 1 atom stereocenters. The first-order valence-corrected chi connectivity index (χ1v) is 12.8. The Morgan fingerprint density at radius 2 is 1.84 bits per heavy atom. The number of hydrogen-bond donors (Lipinski definition) is 2. The van der Waals surface area contributed by atoms with E-state index in [1.54, 1.807) is 34.9 Å². The third-order valence-electron chi connectivity index (χ3n) is 6.78. The topological polar surface area (TPSA) is 120 Å². The largest absolute Gasteiger partial charge is 0.481 e. The van der Waals surface area contributed by atoms with Crippen LogP contribution >= 0.6 is 11.6 Å². The van der Waals surface area contributed by atoms with E-state index in [2.05, 4.69) is 5.16 Å². The van der Waals surface area contributed by atoms with Gasteiger partial charge in [0.05, 0.1) is 22.3 Å². The number of unbranched alkanes of at least 4 members (excludes halogenated alkanes) is 1. The Kier molecular flexibility index (Phi) is 6.91. The zero-order chi connectivity index (χ0) is 26.9. The number of oxime groups is 1. The number of carbonyl (C=O) groups is 1. The third kappa shape index (κ3) is 5.13. The SMILES string of the molecule is CC1(c2ccc(N)cc2)CC(c2ccc3c(=O)n(-c4ccc(Cl)cc4)c(CCCCC(=O)O)nc3c2)=NO1. The van der Waals surface area contributed by atoms with Gasteiger partial charge in [-0.1, -0.05) is 35.0 Å². The van der Waals surface area contributed by atoms with E-state index in [1.807, 2.05) is 43.3 Å². The number of aromatic nitrogens is 2. The highest BCUT2D eigenvalue weighted by Crippen LogP contribution is 2.36. The summed E-state index contributed by atoms with van der Waals surface area (Å²) >= 11 is 6.07. The smallest absolute Gasteiger partial charge is 0.303 e. The Balaban J connectivity index is 1.50. The van der Waals surface area contributed by atoms with E-state index in [9.17, 15) is 9.59 Å². The third-order valence-corrected chi connectivity index (χ3v) is 7.03. The van der Waals surface area contributed by atoms with Crippen molar-refractivity contribution in [2.45, 2.75) is 44.6 Å². The molecule has 0 saturated carbocycles. The van der Waals surface area contributed by atoms with Crippen molar-refractivity contribution >= 4 is 39.9 Å². The number of fused-ring (bicyclic) bond motifs is 1. The van der Waals surface area contributed by atoms with E-state index < -0.39 is 11.6 Å². The molecule has 0 fully saturated rings. The van der Waals surface area contributed by atoms with Crippen molar-refractivity contribution in [3.8, 4) is 5.69 Å². The van der Waals surface area contributed by atoms with Crippen molar-refractivity contribution < 1.29 is 14.7 Å². The van der Waals surface area contributed by atoms with Gasteiger partial charge in [-0.2, -0.15) is 0 Å². The highest BCUT2D eigenvalue weighted by atomic mass is 35.5. The second-order valence-corrected chi connectivity index (χ2v) is 10.1. The quantitative estimate of drug-likeness (QED) is 0.230. The number of nitrogens with zero attached hydrogens (tertiary/aromatic N) is 3. The van der Waals surface area contributed by atoms with Crippen molar-refractivity contribution in [3.05, 3.63) is 99.1 Å². The molecule has 1 unspecified atom stereocenters. The molecule has 0 saturated heterocycles. The average Bonchev–Trinajstić information content (AvgIpc) is 3.30. The first kappa shape index (κ1) is 25.5. The lowest BCUT2D eigenvalue weighted by Gasteiger charge is -2.22. The summed E-state index contributed by atoms with van der Waals surface area (Å²) in [5.41, 5.74) is 9.45. The van der Waals surface area contributed by atoms with Gasteiger partial charge in [-0.3, -0.25) is 14.2 Å².